The number of non-ortho nitro benzene ring substituents is 1. The van der Waals surface area contributed by atoms with E-state index in [1.165, 1.54) is 50.6 Å². The Labute approximate surface area is 137 Å². The minimum Gasteiger partial charge on any atom is -0.496 e. The van der Waals surface area contributed by atoms with Crippen LogP contribution in [0.15, 0.2) is 36.4 Å². The molecule has 1 N–H and O–H groups in total. The van der Waals surface area contributed by atoms with Gasteiger partial charge in [-0.1, -0.05) is 0 Å². The molecule has 0 radical (unpaired) electrons. The maximum atomic E-state index is 11.5. The molecule has 8 heteroatoms. The molecule has 0 aromatic heterocycles. The Hall–Kier alpha value is -3.29. The fourth-order valence-corrected chi connectivity index (χ4v) is 2.04. The summed E-state index contributed by atoms with van der Waals surface area (Å²) in [6.45, 7) is 0.0363. The molecule has 2 aromatic carbocycles. The molecule has 0 aliphatic heterocycles. The zero-order valence-electron chi connectivity index (χ0n) is 13.0. The fraction of sp³-hybridized carbons (Fsp3) is 0.188. The van der Waals surface area contributed by atoms with Crippen molar-refractivity contribution in [2.24, 2.45) is 0 Å². The molecule has 24 heavy (non-hydrogen) atoms. The average Bonchev–Trinajstić information content (AvgIpc) is 2.58. The van der Waals surface area contributed by atoms with Crippen LogP contribution in [-0.4, -0.2) is 30.2 Å². The van der Waals surface area contributed by atoms with Gasteiger partial charge in [0, 0.05) is 24.3 Å². The van der Waals surface area contributed by atoms with Crippen LogP contribution in [0.5, 0.6) is 17.2 Å². The number of rotatable bonds is 7. The van der Waals surface area contributed by atoms with Crippen LogP contribution in [0.1, 0.15) is 15.9 Å². The van der Waals surface area contributed by atoms with E-state index in [2.05, 4.69) is 0 Å². The number of nitro benzene ring substituents is 1. The molecular formula is C16H15NO7. The van der Waals surface area contributed by atoms with Crippen molar-refractivity contribution in [2.45, 2.75) is 6.61 Å². The van der Waals surface area contributed by atoms with Gasteiger partial charge in [-0.15, -0.1) is 0 Å². The summed E-state index contributed by atoms with van der Waals surface area (Å²) >= 11 is 0. The lowest BCUT2D eigenvalue weighted by atomic mass is 10.1. The number of hydrogen-bond donors (Lipinski definition) is 1. The lowest BCUT2D eigenvalue weighted by Gasteiger charge is -2.14. The Morgan fingerprint density at radius 1 is 1.12 bits per heavy atom. The van der Waals surface area contributed by atoms with E-state index >= 15 is 0 Å². The number of benzene rings is 2. The summed E-state index contributed by atoms with van der Waals surface area (Å²) in [5.41, 5.74) is 0.493. The molecule has 2 rings (SSSR count). The van der Waals surface area contributed by atoms with Crippen molar-refractivity contribution in [3.63, 3.8) is 0 Å². The molecule has 0 aliphatic carbocycles. The molecule has 126 valence electrons. The van der Waals surface area contributed by atoms with Gasteiger partial charge in [-0.2, -0.15) is 0 Å². The molecule has 8 nitrogen and oxygen atoms in total. The Balaban J connectivity index is 2.27. The van der Waals surface area contributed by atoms with Gasteiger partial charge in [-0.25, -0.2) is 4.79 Å². The zero-order valence-corrected chi connectivity index (χ0v) is 13.0. The van der Waals surface area contributed by atoms with Gasteiger partial charge in [0.15, 0.2) is 0 Å². The van der Waals surface area contributed by atoms with E-state index in [4.69, 9.17) is 14.2 Å². The first-order valence-corrected chi connectivity index (χ1v) is 6.81. The topological polar surface area (TPSA) is 108 Å². The predicted molar refractivity (Wildman–Crippen MR) is 83.9 cm³/mol. The van der Waals surface area contributed by atoms with E-state index < -0.39 is 10.9 Å². The van der Waals surface area contributed by atoms with Gasteiger partial charge in [-0.3, -0.25) is 10.1 Å². The highest BCUT2D eigenvalue weighted by Crippen LogP contribution is 2.34. The maximum absolute atomic E-state index is 11.5. The molecule has 0 saturated heterocycles. The van der Waals surface area contributed by atoms with E-state index in [1.54, 1.807) is 0 Å². The summed E-state index contributed by atoms with van der Waals surface area (Å²) < 4.78 is 15.7. The SMILES string of the molecule is COc1cc(OC)c(C(=O)O)c(OCc2ccc([N+](=O)[O-])cc2)c1. The van der Waals surface area contributed by atoms with Gasteiger partial charge in [0.05, 0.1) is 19.1 Å². The Morgan fingerprint density at radius 2 is 1.75 bits per heavy atom. The number of ether oxygens (including phenoxy) is 3. The summed E-state index contributed by atoms with van der Waals surface area (Å²) in [7, 11) is 2.79. The van der Waals surface area contributed by atoms with Gasteiger partial charge < -0.3 is 19.3 Å². The Morgan fingerprint density at radius 3 is 2.25 bits per heavy atom. The molecule has 0 spiro atoms. The lowest BCUT2D eigenvalue weighted by Crippen LogP contribution is -2.06. The van der Waals surface area contributed by atoms with Gasteiger partial charge >= 0.3 is 5.97 Å². The standard InChI is InChI=1S/C16H15NO7/c1-22-12-7-13(23-2)15(16(18)19)14(8-12)24-9-10-3-5-11(6-4-10)17(20)21/h3-8H,9H2,1-2H3,(H,18,19). The highest BCUT2D eigenvalue weighted by atomic mass is 16.6. The second-order valence-corrected chi connectivity index (χ2v) is 4.72. The number of carboxylic acid groups (broad SMARTS) is 1. The molecule has 0 atom stereocenters. The number of nitro groups is 1. The van der Waals surface area contributed by atoms with Crippen LogP contribution in [-0.2, 0) is 6.61 Å². The first-order valence-electron chi connectivity index (χ1n) is 6.81. The molecule has 0 fully saturated rings. The maximum Gasteiger partial charge on any atom is 0.343 e. The van der Waals surface area contributed by atoms with Crippen molar-refractivity contribution < 1.29 is 29.0 Å². The molecule has 0 aliphatic rings. The van der Waals surface area contributed by atoms with Crippen LogP contribution in [0.25, 0.3) is 0 Å². The van der Waals surface area contributed by atoms with Crippen molar-refractivity contribution in [1.82, 2.24) is 0 Å². The molecule has 0 unspecified atom stereocenters. The molecule has 0 amide bonds. The first kappa shape index (κ1) is 17.1. The smallest absolute Gasteiger partial charge is 0.343 e. The summed E-state index contributed by atoms with van der Waals surface area (Å²) in [5.74, 6) is -0.624. The normalized spacial score (nSPS) is 10.1. The van der Waals surface area contributed by atoms with Crippen LogP contribution in [0.4, 0.5) is 5.69 Å². The lowest BCUT2D eigenvalue weighted by molar-refractivity contribution is -0.384. The van der Waals surface area contributed by atoms with Gasteiger partial charge in [0.2, 0.25) is 0 Å². The van der Waals surface area contributed by atoms with Crippen molar-refractivity contribution in [2.75, 3.05) is 14.2 Å². The number of hydrogen-bond acceptors (Lipinski definition) is 6. The van der Waals surface area contributed by atoms with E-state index in [0.717, 1.165) is 0 Å². The van der Waals surface area contributed by atoms with Crippen LogP contribution >= 0.6 is 0 Å². The summed E-state index contributed by atoms with van der Waals surface area (Å²) in [6, 6.07) is 8.66. The van der Waals surface area contributed by atoms with Crippen LogP contribution in [0, 0.1) is 10.1 Å². The number of methoxy groups -OCH3 is 2. The third-order valence-corrected chi connectivity index (χ3v) is 3.25. The Bertz CT molecular complexity index is 756. The van der Waals surface area contributed by atoms with E-state index in [1.807, 2.05) is 0 Å². The number of carboxylic acids is 1. The second kappa shape index (κ2) is 7.32. The highest BCUT2D eigenvalue weighted by molar-refractivity contribution is 5.94. The van der Waals surface area contributed by atoms with Crippen molar-refractivity contribution in [3.05, 3.63) is 57.6 Å². The van der Waals surface area contributed by atoms with Crippen molar-refractivity contribution in [1.29, 1.82) is 0 Å². The van der Waals surface area contributed by atoms with Gasteiger partial charge in [0.1, 0.15) is 29.4 Å². The molecular weight excluding hydrogens is 318 g/mol. The fourth-order valence-electron chi connectivity index (χ4n) is 2.04. The predicted octanol–water partition coefficient (Wildman–Crippen LogP) is 2.89. The minimum absolute atomic E-state index is 0.0342. The molecule has 0 heterocycles. The summed E-state index contributed by atoms with van der Waals surface area (Å²) in [5, 5.41) is 20.0. The zero-order chi connectivity index (χ0) is 17.7. The third kappa shape index (κ3) is 3.72. The van der Waals surface area contributed by atoms with E-state index in [9.17, 15) is 20.0 Å². The number of nitrogens with zero attached hydrogens (tertiary/aromatic N) is 1. The molecule has 0 saturated carbocycles. The average molecular weight is 333 g/mol. The van der Waals surface area contributed by atoms with E-state index in [0.29, 0.717) is 11.3 Å². The van der Waals surface area contributed by atoms with Gasteiger partial charge in [-0.05, 0) is 17.7 Å². The van der Waals surface area contributed by atoms with E-state index in [-0.39, 0.29) is 29.4 Å². The third-order valence-electron chi connectivity index (χ3n) is 3.25. The first-order chi connectivity index (χ1) is 11.5. The minimum atomic E-state index is -1.20. The highest BCUT2D eigenvalue weighted by Gasteiger charge is 2.20. The quantitative estimate of drug-likeness (QED) is 0.613. The summed E-state index contributed by atoms with van der Waals surface area (Å²) in [4.78, 5) is 21.6. The molecule has 0 bridgehead atoms. The van der Waals surface area contributed by atoms with Gasteiger partial charge in [0.25, 0.3) is 5.69 Å². The van der Waals surface area contributed by atoms with Crippen LogP contribution in [0.3, 0.4) is 0 Å². The summed E-state index contributed by atoms with van der Waals surface area (Å²) in [6.07, 6.45) is 0. The largest absolute Gasteiger partial charge is 0.496 e. The second-order valence-electron chi connectivity index (χ2n) is 4.72. The van der Waals surface area contributed by atoms with Crippen LogP contribution < -0.4 is 14.2 Å². The van der Waals surface area contributed by atoms with Crippen molar-refractivity contribution >= 4 is 11.7 Å². The Kier molecular flexibility index (Phi) is 5.20. The monoisotopic (exact) mass is 333 g/mol. The molecule has 2 aromatic rings. The number of aromatic carboxylic acids is 1. The number of carbonyl (C=O) groups is 1. The van der Waals surface area contributed by atoms with Crippen molar-refractivity contribution in [3.8, 4) is 17.2 Å². The van der Waals surface area contributed by atoms with Crippen LogP contribution in [0.2, 0.25) is 0 Å².